The van der Waals surface area contributed by atoms with Crippen LogP contribution in [0, 0.1) is 6.92 Å². The fourth-order valence-corrected chi connectivity index (χ4v) is 4.09. The molecule has 0 aliphatic carbocycles. The molecule has 4 aromatic rings. The van der Waals surface area contributed by atoms with E-state index < -0.39 is 0 Å². The molecule has 0 saturated heterocycles. The minimum atomic E-state index is -0.249. The Kier molecular flexibility index (Phi) is 5.63. The van der Waals surface area contributed by atoms with Gasteiger partial charge in [-0.3, -0.25) is 14.2 Å². The maximum atomic E-state index is 13.1. The summed E-state index contributed by atoms with van der Waals surface area (Å²) >= 11 is 1.43. The molecular weight excluding hydrogens is 398 g/mol. The molecule has 0 spiro atoms. The fraction of sp³-hybridized carbons (Fsp3) is 0.174. The van der Waals surface area contributed by atoms with Gasteiger partial charge in [-0.2, -0.15) is 0 Å². The molecule has 0 atom stereocenters. The van der Waals surface area contributed by atoms with Crippen LogP contribution in [-0.4, -0.2) is 22.6 Å². The molecule has 0 fully saturated rings. The highest BCUT2D eigenvalue weighted by Crippen LogP contribution is 2.30. The zero-order valence-electron chi connectivity index (χ0n) is 16.7. The molecule has 7 heteroatoms. The lowest BCUT2D eigenvalue weighted by molar-refractivity contribution is -0.121. The van der Waals surface area contributed by atoms with Crippen LogP contribution >= 0.6 is 11.3 Å². The van der Waals surface area contributed by atoms with Gasteiger partial charge in [-0.25, -0.2) is 4.98 Å². The van der Waals surface area contributed by atoms with E-state index in [0.29, 0.717) is 16.8 Å². The molecule has 0 unspecified atom stereocenters. The highest BCUT2D eigenvalue weighted by Gasteiger charge is 2.14. The van der Waals surface area contributed by atoms with Crippen LogP contribution in [0.25, 0.3) is 21.3 Å². The van der Waals surface area contributed by atoms with Gasteiger partial charge in [0.25, 0.3) is 5.56 Å². The van der Waals surface area contributed by atoms with Crippen molar-refractivity contribution in [1.82, 2.24) is 14.9 Å². The van der Waals surface area contributed by atoms with Crippen LogP contribution in [0.4, 0.5) is 0 Å². The van der Waals surface area contributed by atoms with Crippen LogP contribution in [0.15, 0.2) is 65.0 Å². The maximum absolute atomic E-state index is 13.1. The summed E-state index contributed by atoms with van der Waals surface area (Å²) in [6.07, 6.45) is 1.44. The number of amides is 1. The molecule has 30 heavy (non-hydrogen) atoms. The number of benzene rings is 2. The summed E-state index contributed by atoms with van der Waals surface area (Å²) in [6, 6.07) is 15.5. The van der Waals surface area contributed by atoms with Crippen LogP contribution < -0.4 is 15.6 Å². The van der Waals surface area contributed by atoms with Gasteiger partial charge in [-0.1, -0.05) is 42.0 Å². The summed E-state index contributed by atoms with van der Waals surface area (Å²) < 4.78 is 6.49. The number of nitrogens with zero attached hydrogens (tertiary/aromatic N) is 2. The smallest absolute Gasteiger partial charge is 0.263 e. The SMILES string of the molecule is COc1ccc(CNC(=O)Cn2cnc3scc(-c4ccc(C)cc4)c3c2=O)cc1. The Hall–Kier alpha value is -3.45. The van der Waals surface area contributed by atoms with E-state index in [1.54, 1.807) is 7.11 Å². The lowest BCUT2D eigenvalue weighted by Crippen LogP contribution is -2.32. The summed E-state index contributed by atoms with van der Waals surface area (Å²) in [5.41, 5.74) is 3.70. The number of hydrogen-bond donors (Lipinski definition) is 1. The third-order valence-corrected chi connectivity index (χ3v) is 5.77. The molecule has 0 bridgehead atoms. The predicted molar refractivity (Wildman–Crippen MR) is 119 cm³/mol. The summed E-state index contributed by atoms with van der Waals surface area (Å²) in [5, 5.41) is 5.33. The number of ether oxygens (including phenoxy) is 1. The lowest BCUT2D eigenvalue weighted by atomic mass is 10.1. The predicted octanol–water partition coefficient (Wildman–Crippen LogP) is 3.76. The Morgan fingerprint density at radius 2 is 1.87 bits per heavy atom. The van der Waals surface area contributed by atoms with Crippen molar-refractivity contribution < 1.29 is 9.53 Å². The third-order valence-electron chi connectivity index (χ3n) is 4.89. The summed E-state index contributed by atoms with van der Waals surface area (Å²) in [7, 11) is 1.61. The quantitative estimate of drug-likeness (QED) is 0.517. The zero-order valence-corrected chi connectivity index (χ0v) is 17.5. The second kappa shape index (κ2) is 8.51. The highest BCUT2D eigenvalue weighted by atomic mass is 32.1. The van der Waals surface area contributed by atoms with Crippen LogP contribution in [0.3, 0.4) is 0 Å². The van der Waals surface area contributed by atoms with Crippen LogP contribution in [0.2, 0.25) is 0 Å². The standard InChI is InChI=1S/C23H21N3O3S/c1-15-3-7-17(8-4-15)19-13-30-22-21(19)23(28)26(14-25-22)12-20(27)24-11-16-5-9-18(29-2)10-6-16/h3-10,13-14H,11-12H2,1-2H3,(H,24,27). The van der Waals surface area contributed by atoms with Gasteiger partial charge in [-0.15, -0.1) is 11.3 Å². The molecule has 0 saturated carbocycles. The van der Waals surface area contributed by atoms with E-state index >= 15 is 0 Å². The molecule has 1 N–H and O–H groups in total. The number of hydrogen-bond acceptors (Lipinski definition) is 5. The van der Waals surface area contributed by atoms with Gasteiger partial charge in [-0.05, 0) is 30.2 Å². The second-order valence-corrected chi connectivity index (χ2v) is 7.86. The maximum Gasteiger partial charge on any atom is 0.263 e. The van der Waals surface area contributed by atoms with Crippen molar-refractivity contribution in [3.05, 3.63) is 81.7 Å². The van der Waals surface area contributed by atoms with Crippen LogP contribution in [0.5, 0.6) is 5.75 Å². The molecule has 2 aromatic heterocycles. The Bertz CT molecular complexity index is 1240. The van der Waals surface area contributed by atoms with Crippen molar-refractivity contribution in [1.29, 1.82) is 0 Å². The van der Waals surface area contributed by atoms with E-state index in [1.807, 2.05) is 60.8 Å². The Morgan fingerprint density at radius 1 is 1.13 bits per heavy atom. The molecule has 1 amide bonds. The van der Waals surface area contributed by atoms with E-state index in [-0.39, 0.29) is 18.0 Å². The number of methoxy groups -OCH3 is 1. The number of carbonyl (C=O) groups excluding carboxylic acids is 1. The van der Waals surface area contributed by atoms with Crippen LogP contribution in [0.1, 0.15) is 11.1 Å². The number of carbonyl (C=O) groups is 1. The second-order valence-electron chi connectivity index (χ2n) is 7.00. The topological polar surface area (TPSA) is 73.2 Å². The van der Waals surface area contributed by atoms with Gasteiger partial charge < -0.3 is 10.1 Å². The van der Waals surface area contributed by atoms with Gasteiger partial charge in [0, 0.05) is 17.5 Å². The van der Waals surface area contributed by atoms with Gasteiger partial charge >= 0.3 is 0 Å². The molecule has 2 aromatic carbocycles. The Labute approximate surface area is 177 Å². The first kappa shape index (κ1) is 19.8. The average molecular weight is 420 g/mol. The van der Waals surface area contributed by atoms with E-state index in [4.69, 9.17) is 4.74 Å². The average Bonchev–Trinajstić information content (AvgIpc) is 3.20. The molecule has 2 heterocycles. The third kappa shape index (κ3) is 4.11. The molecule has 6 nitrogen and oxygen atoms in total. The summed E-state index contributed by atoms with van der Waals surface area (Å²) in [6.45, 7) is 2.32. The number of fused-ring (bicyclic) bond motifs is 1. The zero-order chi connectivity index (χ0) is 21.1. The summed E-state index contributed by atoms with van der Waals surface area (Å²) in [5.74, 6) is 0.511. The first-order chi connectivity index (χ1) is 14.5. The molecular formula is C23H21N3O3S. The molecule has 152 valence electrons. The van der Waals surface area contributed by atoms with Gasteiger partial charge in [0.15, 0.2) is 0 Å². The van der Waals surface area contributed by atoms with E-state index in [0.717, 1.165) is 28.0 Å². The molecule has 4 rings (SSSR count). The first-order valence-corrected chi connectivity index (χ1v) is 10.4. The van der Waals surface area contributed by atoms with E-state index in [9.17, 15) is 9.59 Å². The Morgan fingerprint density at radius 3 is 2.57 bits per heavy atom. The van der Waals surface area contributed by atoms with Crippen molar-refractivity contribution in [3.8, 4) is 16.9 Å². The number of aryl methyl sites for hydroxylation is 1. The van der Waals surface area contributed by atoms with E-state index in [1.165, 1.54) is 22.2 Å². The van der Waals surface area contributed by atoms with E-state index in [2.05, 4.69) is 10.3 Å². The lowest BCUT2D eigenvalue weighted by Gasteiger charge is -2.08. The van der Waals surface area contributed by atoms with Gasteiger partial charge in [0.05, 0.1) is 18.8 Å². The van der Waals surface area contributed by atoms with Crippen LogP contribution in [-0.2, 0) is 17.9 Å². The van der Waals surface area contributed by atoms with Crippen molar-refractivity contribution in [2.75, 3.05) is 7.11 Å². The number of aromatic nitrogens is 2. The number of rotatable bonds is 6. The van der Waals surface area contributed by atoms with Crippen molar-refractivity contribution in [3.63, 3.8) is 0 Å². The molecule has 0 aliphatic rings. The fourth-order valence-electron chi connectivity index (χ4n) is 3.18. The first-order valence-electron chi connectivity index (χ1n) is 9.48. The number of nitrogens with one attached hydrogen (secondary N) is 1. The minimum Gasteiger partial charge on any atom is -0.497 e. The van der Waals surface area contributed by atoms with Gasteiger partial charge in [0.1, 0.15) is 17.1 Å². The minimum absolute atomic E-state index is 0.0822. The Balaban J connectivity index is 1.53. The summed E-state index contributed by atoms with van der Waals surface area (Å²) in [4.78, 5) is 30.5. The van der Waals surface area contributed by atoms with Crippen molar-refractivity contribution in [2.45, 2.75) is 20.0 Å². The molecule has 0 radical (unpaired) electrons. The normalized spacial score (nSPS) is 10.9. The molecule has 0 aliphatic heterocycles. The number of thiophene rings is 1. The van der Waals surface area contributed by atoms with Crippen molar-refractivity contribution >= 4 is 27.5 Å². The monoisotopic (exact) mass is 419 g/mol. The highest BCUT2D eigenvalue weighted by molar-refractivity contribution is 7.17. The van der Waals surface area contributed by atoms with Gasteiger partial charge in [0.2, 0.25) is 5.91 Å². The largest absolute Gasteiger partial charge is 0.497 e. The van der Waals surface area contributed by atoms with Crippen molar-refractivity contribution in [2.24, 2.45) is 0 Å².